The van der Waals surface area contributed by atoms with Crippen molar-refractivity contribution < 1.29 is 9.53 Å². The summed E-state index contributed by atoms with van der Waals surface area (Å²) >= 11 is 5.29. The van der Waals surface area contributed by atoms with E-state index in [1.807, 2.05) is 0 Å². The second kappa shape index (κ2) is 8.03. The number of carbonyl (C=O) groups is 1. The number of nitrogens with one attached hydrogen (secondary N) is 2. The largest absolute Gasteiger partial charge is 0.385 e. The number of ether oxygens (including phenoxy) is 1. The molecule has 134 valence electrons. The van der Waals surface area contributed by atoms with E-state index in [1.54, 1.807) is 49.8 Å². The summed E-state index contributed by atoms with van der Waals surface area (Å²) in [4.78, 5) is 32.0. The summed E-state index contributed by atoms with van der Waals surface area (Å²) in [5.41, 5.74) is 1.43. The van der Waals surface area contributed by atoms with E-state index < -0.39 is 0 Å². The maximum absolute atomic E-state index is 12.6. The summed E-state index contributed by atoms with van der Waals surface area (Å²) in [6.07, 6.45) is 3.88. The zero-order valence-corrected chi connectivity index (χ0v) is 15.0. The quantitative estimate of drug-likeness (QED) is 0.514. The van der Waals surface area contributed by atoms with Gasteiger partial charge in [-0.05, 0) is 49.0 Å². The Hall–Kier alpha value is -2.84. The summed E-state index contributed by atoms with van der Waals surface area (Å²) in [6.45, 7) is 1.02. The van der Waals surface area contributed by atoms with Crippen LogP contribution in [-0.4, -0.2) is 34.2 Å². The molecule has 0 unspecified atom stereocenters. The molecule has 0 aliphatic carbocycles. The van der Waals surface area contributed by atoms with Crippen LogP contribution in [0.25, 0.3) is 10.9 Å². The molecule has 7 nitrogen and oxygen atoms in total. The van der Waals surface area contributed by atoms with Gasteiger partial charge in [0.05, 0.1) is 10.9 Å². The van der Waals surface area contributed by atoms with Crippen LogP contribution in [0, 0.1) is 4.77 Å². The number of hydrogen-bond donors (Lipinski definition) is 2. The molecule has 0 saturated carbocycles. The molecule has 0 saturated heterocycles. The summed E-state index contributed by atoms with van der Waals surface area (Å²) in [5, 5.41) is 3.26. The molecular weight excluding hydrogens is 352 g/mol. The van der Waals surface area contributed by atoms with Crippen LogP contribution in [0.15, 0.2) is 47.5 Å². The van der Waals surface area contributed by atoms with Gasteiger partial charge in [-0.1, -0.05) is 0 Å². The predicted molar refractivity (Wildman–Crippen MR) is 102 cm³/mol. The van der Waals surface area contributed by atoms with Gasteiger partial charge < -0.3 is 15.0 Å². The molecule has 0 aliphatic rings. The van der Waals surface area contributed by atoms with Crippen LogP contribution in [0.4, 0.5) is 5.69 Å². The number of carbonyl (C=O) groups excluding carboxylic acids is 1. The van der Waals surface area contributed by atoms with Gasteiger partial charge in [0.15, 0.2) is 4.77 Å². The Balaban J connectivity index is 1.92. The van der Waals surface area contributed by atoms with Gasteiger partial charge in [0, 0.05) is 43.9 Å². The van der Waals surface area contributed by atoms with E-state index in [1.165, 1.54) is 4.57 Å². The lowest BCUT2D eigenvalue weighted by Gasteiger charge is -2.09. The van der Waals surface area contributed by atoms with E-state index >= 15 is 0 Å². The normalized spacial score (nSPS) is 10.8. The van der Waals surface area contributed by atoms with E-state index in [-0.39, 0.29) is 11.5 Å². The first kappa shape index (κ1) is 18.0. The van der Waals surface area contributed by atoms with Crippen molar-refractivity contribution in [2.24, 2.45) is 0 Å². The minimum atomic E-state index is -0.276. The predicted octanol–water partition coefficient (Wildman–Crippen LogP) is 2.74. The Kier molecular flexibility index (Phi) is 5.55. The first-order valence-electron chi connectivity index (χ1n) is 8.07. The Morgan fingerprint density at radius 1 is 1.31 bits per heavy atom. The van der Waals surface area contributed by atoms with E-state index in [4.69, 9.17) is 17.0 Å². The summed E-state index contributed by atoms with van der Waals surface area (Å²) in [5.74, 6) is -0.276. The maximum atomic E-state index is 12.6. The average Bonchev–Trinajstić information content (AvgIpc) is 2.65. The molecule has 1 amide bonds. The molecule has 3 aromatic rings. The van der Waals surface area contributed by atoms with Crippen LogP contribution in [0.3, 0.4) is 0 Å². The topological polar surface area (TPSA) is 89.0 Å². The molecule has 26 heavy (non-hydrogen) atoms. The van der Waals surface area contributed by atoms with Gasteiger partial charge in [0.2, 0.25) is 0 Å². The van der Waals surface area contributed by atoms with E-state index in [9.17, 15) is 9.59 Å². The lowest BCUT2D eigenvalue weighted by Crippen LogP contribution is -2.23. The van der Waals surface area contributed by atoms with Gasteiger partial charge in [-0.3, -0.25) is 19.1 Å². The van der Waals surface area contributed by atoms with Crippen molar-refractivity contribution in [1.82, 2.24) is 14.5 Å². The number of aromatic nitrogens is 3. The number of amides is 1. The molecule has 0 bridgehead atoms. The van der Waals surface area contributed by atoms with Gasteiger partial charge in [0.1, 0.15) is 0 Å². The Morgan fingerprint density at radius 2 is 2.08 bits per heavy atom. The summed E-state index contributed by atoms with van der Waals surface area (Å²) in [6, 6.07) is 8.28. The lowest BCUT2D eigenvalue weighted by molar-refractivity contribution is 0.102. The van der Waals surface area contributed by atoms with Crippen molar-refractivity contribution in [1.29, 1.82) is 0 Å². The van der Waals surface area contributed by atoms with E-state index in [0.29, 0.717) is 46.5 Å². The number of H-pyrrole nitrogens is 1. The van der Waals surface area contributed by atoms with E-state index in [0.717, 1.165) is 0 Å². The minimum Gasteiger partial charge on any atom is -0.385 e. The molecule has 0 atom stereocenters. The number of benzene rings is 1. The monoisotopic (exact) mass is 370 g/mol. The van der Waals surface area contributed by atoms with Crippen molar-refractivity contribution in [3.63, 3.8) is 0 Å². The first-order chi connectivity index (χ1) is 12.6. The Morgan fingerprint density at radius 3 is 2.81 bits per heavy atom. The van der Waals surface area contributed by atoms with Crippen LogP contribution in [0.1, 0.15) is 16.8 Å². The highest BCUT2D eigenvalue weighted by Gasteiger charge is 2.10. The molecule has 0 spiro atoms. The zero-order chi connectivity index (χ0) is 18.5. The minimum absolute atomic E-state index is 0.180. The van der Waals surface area contributed by atoms with Crippen molar-refractivity contribution in [3.8, 4) is 0 Å². The fourth-order valence-electron chi connectivity index (χ4n) is 2.60. The van der Waals surface area contributed by atoms with Crippen LogP contribution >= 0.6 is 12.2 Å². The number of methoxy groups -OCH3 is 1. The second-order valence-electron chi connectivity index (χ2n) is 5.68. The fraction of sp³-hybridized carbons (Fsp3) is 0.222. The van der Waals surface area contributed by atoms with Crippen molar-refractivity contribution in [2.45, 2.75) is 13.0 Å². The van der Waals surface area contributed by atoms with E-state index in [2.05, 4.69) is 15.3 Å². The molecular formula is C18H18N4O3S. The molecule has 1 aromatic carbocycles. The van der Waals surface area contributed by atoms with Gasteiger partial charge in [-0.15, -0.1) is 0 Å². The third-order valence-electron chi connectivity index (χ3n) is 3.91. The van der Waals surface area contributed by atoms with Crippen molar-refractivity contribution in [3.05, 3.63) is 63.4 Å². The van der Waals surface area contributed by atoms with Crippen molar-refractivity contribution >= 4 is 34.7 Å². The molecule has 8 heteroatoms. The number of aromatic amines is 1. The number of rotatable bonds is 6. The molecule has 0 fully saturated rings. The third kappa shape index (κ3) is 3.87. The molecule has 2 aromatic heterocycles. The molecule has 0 radical (unpaired) electrons. The Bertz CT molecular complexity index is 1040. The van der Waals surface area contributed by atoms with Gasteiger partial charge in [-0.25, -0.2) is 0 Å². The second-order valence-corrected chi connectivity index (χ2v) is 6.07. The highest BCUT2D eigenvalue weighted by atomic mass is 32.1. The molecule has 0 aliphatic heterocycles. The van der Waals surface area contributed by atoms with Gasteiger partial charge in [-0.2, -0.15) is 0 Å². The SMILES string of the molecule is COCCCn1c(=S)[nH]c2cc(C(=O)Nc3ccncc3)ccc2c1=O. The summed E-state index contributed by atoms with van der Waals surface area (Å²) in [7, 11) is 1.61. The Labute approximate surface area is 154 Å². The molecule has 2 N–H and O–H groups in total. The maximum Gasteiger partial charge on any atom is 0.262 e. The third-order valence-corrected chi connectivity index (χ3v) is 4.23. The number of hydrogen-bond acceptors (Lipinski definition) is 5. The first-order valence-corrected chi connectivity index (χ1v) is 8.48. The highest BCUT2D eigenvalue weighted by Crippen LogP contribution is 2.13. The number of fused-ring (bicyclic) bond motifs is 1. The fourth-order valence-corrected chi connectivity index (χ4v) is 2.89. The van der Waals surface area contributed by atoms with Crippen LogP contribution < -0.4 is 10.9 Å². The van der Waals surface area contributed by atoms with Crippen molar-refractivity contribution in [2.75, 3.05) is 19.0 Å². The van der Waals surface area contributed by atoms with Crippen LogP contribution in [0.2, 0.25) is 0 Å². The summed E-state index contributed by atoms with van der Waals surface area (Å²) < 4.78 is 6.85. The number of pyridine rings is 1. The smallest absolute Gasteiger partial charge is 0.262 e. The highest BCUT2D eigenvalue weighted by molar-refractivity contribution is 7.71. The van der Waals surface area contributed by atoms with Crippen LogP contribution in [0.5, 0.6) is 0 Å². The average molecular weight is 370 g/mol. The van der Waals surface area contributed by atoms with Gasteiger partial charge in [0.25, 0.3) is 11.5 Å². The zero-order valence-electron chi connectivity index (χ0n) is 14.2. The standard InChI is InChI=1S/C18H18N4O3S/c1-25-10-2-9-22-17(24)14-4-3-12(11-15(14)21-18(22)26)16(23)20-13-5-7-19-8-6-13/h3-8,11H,2,9-10H2,1H3,(H,21,26)(H,19,20,23). The number of anilines is 1. The van der Waals surface area contributed by atoms with Crippen LogP contribution in [-0.2, 0) is 11.3 Å². The lowest BCUT2D eigenvalue weighted by atomic mass is 10.1. The molecule has 2 heterocycles. The van der Waals surface area contributed by atoms with Gasteiger partial charge >= 0.3 is 0 Å². The molecule has 3 rings (SSSR count). The number of nitrogens with zero attached hydrogens (tertiary/aromatic N) is 2.